The summed E-state index contributed by atoms with van der Waals surface area (Å²) in [6.07, 6.45) is 2.95. The first-order chi connectivity index (χ1) is 20.2. The van der Waals surface area contributed by atoms with Crippen LogP contribution in [0.5, 0.6) is 5.75 Å². The standard InChI is InChI=1S/C30H28ClF2N7O2/c1-16(2)7-23-19(10-34)29(20-12-37-40(30(20)38-23)25-5-6-35-13-22(25)33)17-3-4-26-27(8-17)42-15-28(41)39(26)14-24-21(32)9-18(31)11-36-24/h3-4,8-9,11-12,16,22,25,35H,5-7,13-15H2,1-2H3/t22-,25+/m1/s1. The minimum Gasteiger partial charge on any atom is -0.482 e. The molecule has 1 aromatic carbocycles. The maximum Gasteiger partial charge on any atom is 0.265 e. The molecule has 0 unspecified atom stereocenters. The number of benzene rings is 1. The van der Waals surface area contributed by atoms with Crippen LogP contribution in [-0.2, 0) is 17.8 Å². The predicted octanol–water partition coefficient (Wildman–Crippen LogP) is 5.15. The lowest BCUT2D eigenvalue weighted by atomic mass is 9.93. The van der Waals surface area contributed by atoms with E-state index in [9.17, 15) is 18.8 Å². The van der Waals surface area contributed by atoms with Gasteiger partial charge < -0.3 is 10.1 Å². The smallest absolute Gasteiger partial charge is 0.265 e. The van der Waals surface area contributed by atoms with Gasteiger partial charge in [0.15, 0.2) is 12.3 Å². The van der Waals surface area contributed by atoms with E-state index in [0.717, 1.165) is 6.07 Å². The molecule has 9 nitrogen and oxygen atoms in total. The van der Waals surface area contributed by atoms with Crippen LogP contribution in [0.25, 0.3) is 22.2 Å². The third-order valence-corrected chi connectivity index (χ3v) is 7.81. The molecule has 0 radical (unpaired) electrons. The van der Waals surface area contributed by atoms with Crippen molar-refractivity contribution >= 4 is 34.2 Å². The van der Waals surface area contributed by atoms with Crippen molar-refractivity contribution in [1.82, 2.24) is 25.1 Å². The Morgan fingerprint density at radius 1 is 1.26 bits per heavy atom. The van der Waals surface area contributed by atoms with E-state index in [0.29, 0.717) is 64.2 Å². The number of halogens is 3. The zero-order valence-corrected chi connectivity index (χ0v) is 23.8. The molecular formula is C30H28ClF2N7O2. The van der Waals surface area contributed by atoms with Crippen molar-refractivity contribution in [3.8, 4) is 22.9 Å². The van der Waals surface area contributed by atoms with Gasteiger partial charge >= 0.3 is 0 Å². The van der Waals surface area contributed by atoms with Gasteiger partial charge in [0.1, 0.15) is 23.8 Å². The van der Waals surface area contributed by atoms with Crippen LogP contribution in [0.1, 0.15) is 43.3 Å². The first-order valence-electron chi connectivity index (χ1n) is 13.8. The van der Waals surface area contributed by atoms with Crippen LogP contribution in [0.2, 0.25) is 5.02 Å². The van der Waals surface area contributed by atoms with E-state index in [1.807, 2.05) is 13.8 Å². The molecule has 216 valence electrons. The summed E-state index contributed by atoms with van der Waals surface area (Å²) in [6, 6.07) is 8.28. The second-order valence-corrected chi connectivity index (χ2v) is 11.4. The van der Waals surface area contributed by atoms with Crippen LogP contribution in [-0.4, -0.2) is 51.5 Å². The van der Waals surface area contributed by atoms with E-state index in [2.05, 4.69) is 21.5 Å². The van der Waals surface area contributed by atoms with Gasteiger partial charge in [-0.3, -0.25) is 14.7 Å². The largest absolute Gasteiger partial charge is 0.482 e. The molecular weight excluding hydrogens is 564 g/mol. The lowest BCUT2D eigenvalue weighted by molar-refractivity contribution is -0.121. The number of amides is 1. The molecule has 4 aromatic rings. The molecule has 0 aliphatic carbocycles. The second-order valence-electron chi connectivity index (χ2n) is 11.0. The van der Waals surface area contributed by atoms with Crippen molar-refractivity contribution < 1.29 is 18.3 Å². The average Bonchev–Trinajstić information content (AvgIpc) is 3.37. The number of piperidine rings is 1. The quantitative estimate of drug-likeness (QED) is 0.330. The first kappa shape index (κ1) is 28.0. The van der Waals surface area contributed by atoms with Crippen LogP contribution in [0.15, 0.2) is 36.7 Å². The number of pyridine rings is 2. The van der Waals surface area contributed by atoms with Gasteiger partial charge in [-0.05, 0) is 49.1 Å². The fraction of sp³-hybridized carbons (Fsp3) is 0.367. The van der Waals surface area contributed by atoms with Crippen molar-refractivity contribution in [2.24, 2.45) is 5.92 Å². The summed E-state index contributed by atoms with van der Waals surface area (Å²) in [5.41, 5.74) is 3.34. The Balaban J connectivity index is 1.47. The fourth-order valence-electron chi connectivity index (χ4n) is 5.63. The molecule has 0 bridgehead atoms. The SMILES string of the molecule is CC(C)Cc1nc2c(cnn2[C@H]2CCNC[C@H]2F)c(-c2ccc3c(c2)OCC(=O)N3Cc2ncc(Cl)cc2F)c1C#N. The molecule has 1 saturated heterocycles. The average molecular weight is 592 g/mol. The Morgan fingerprint density at radius 2 is 2.10 bits per heavy atom. The highest BCUT2D eigenvalue weighted by Crippen LogP contribution is 2.41. The topological polar surface area (TPSA) is 109 Å². The number of fused-ring (bicyclic) bond motifs is 2. The first-order valence-corrected chi connectivity index (χ1v) is 14.2. The highest BCUT2D eigenvalue weighted by atomic mass is 35.5. The monoisotopic (exact) mass is 591 g/mol. The van der Waals surface area contributed by atoms with E-state index >= 15 is 0 Å². The van der Waals surface area contributed by atoms with Gasteiger partial charge in [-0.15, -0.1) is 0 Å². The summed E-state index contributed by atoms with van der Waals surface area (Å²) in [5, 5.41) is 18.8. The van der Waals surface area contributed by atoms with E-state index in [-0.39, 0.29) is 42.2 Å². The minimum absolute atomic E-state index is 0.0714. The number of anilines is 1. The summed E-state index contributed by atoms with van der Waals surface area (Å²) in [6.45, 7) is 4.65. The zero-order chi connectivity index (χ0) is 29.5. The van der Waals surface area contributed by atoms with Gasteiger partial charge in [-0.25, -0.2) is 18.4 Å². The Bertz CT molecular complexity index is 1740. The van der Waals surface area contributed by atoms with Gasteiger partial charge in [0.05, 0.1) is 46.4 Å². The number of alkyl halides is 1. The van der Waals surface area contributed by atoms with Crippen LogP contribution < -0.4 is 15.0 Å². The van der Waals surface area contributed by atoms with E-state index in [1.54, 1.807) is 29.1 Å². The van der Waals surface area contributed by atoms with Crippen molar-refractivity contribution in [1.29, 1.82) is 5.26 Å². The number of nitrogens with one attached hydrogen (secondary N) is 1. The van der Waals surface area contributed by atoms with Crippen LogP contribution in [0.3, 0.4) is 0 Å². The number of ether oxygens (including phenoxy) is 1. The number of aromatic nitrogens is 4. The number of nitriles is 1. The fourth-order valence-corrected chi connectivity index (χ4v) is 5.77. The van der Waals surface area contributed by atoms with Crippen molar-refractivity contribution in [2.75, 3.05) is 24.6 Å². The third kappa shape index (κ3) is 5.05. The number of carbonyl (C=O) groups excluding carboxylic acids is 1. The molecule has 0 spiro atoms. The molecule has 1 fully saturated rings. The third-order valence-electron chi connectivity index (χ3n) is 7.60. The second kappa shape index (κ2) is 11.3. The summed E-state index contributed by atoms with van der Waals surface area (Å²) in [5.74, 6) is -0.349. The Hall–Kier alpha value is -4.14. The van der Waals surface area contributed by atoms with Crippen LogP contribution in [0.4, 0.5) is 14.5 Å². The maximum absolute atomic E-state index is 15.0. The van der Waals surface area contributed by atoms with Crippen molar-refractivity contribution in [3.63, 3.8) is 0 Å². The van der Waals surface area contributed by atoms with Gasteiger partial charge in [0, 0.05) is 23.7 Å². The van der Waals surface area contributed by atoms with Gasteiger partial charge in [-0.1, -0.05) is 31.5 Å². The Morgan fingerprint density at radius 3 is 2.83 bits per heavy atom. The number of carbonyl (C=O) groups is 1. The minimum atomic E-state index is -1.13. The molecule has 1 amide bonds. The van der Waals surface area contributed by atoms with Gasteiger partial charge in [0.25, 0.3) is 5.91 Å². The molecule has 12 heteroatoms. The normalized spacial score (nSPS) is 18.7. The van der Waals surface area contributed by atoms with Gasteiger partial charge in [0.2, 0.25) is 0 Å². The van der Waals surface area contributed by atoms with Gasteiger partial charge in [-0.2, -0.15) is 10.4 Å². The van der Waals surface area contributed by atoms with Crippen LogP contribution in [0, 0.1) is 23.1 Å². The zero-order valence-electron chi connectivity index (χ0n) is 23.1. The lowest BCUT2D eigenvalue weighted by Gasteiger charge is -2.29. The van der Waals surface area contributed by atoms with Crippen LogP contribution >= 0.6 is 11.6 Å². The maximum atomic E-state index is 15.0. The highest BCUT2D eigenvalue weighted by molar-refractivity contribution is 6.30. The Kier molecular flexibility index (Phi) is 7.51. The lowest BCUT2D eigenvalue weighted by Crippen LogP contribution is -2.39. The molecule has 2 aliphatic rings. The highest BCUT2D eigenvalue weighted by Gasteiger charge is 2.31. The van der Waals surface area contributed by atoms with Crippen molar-refractivity contribution in [2.45, 2.75) is 45.4 Å². The molecule has 42 heavy (non-hydrogen) atoms. The number of hydrogen-bond donors (Lipinski definition) is 1. The van der Waals surface area contributed by atoms with E-state index in [4.69, 9.17) is 21.3 Å². The summed E-state index contributed by atoms with van der Waals surface area (Å²) in [7, 11) is 0. The molecule has 3 aromatic heterocycles. The summed E-state index contributed by atoms with van der Waals surface area (Å²) < 4.78 is 37.0. The Labute approximate surface area is 246 Å². The molecule has 6 rings (SSSR count). The summed E-state index contributed by atoms with van der Waals surface area (Å²) in [4.78, 5) is 23.2. The number of hydrogen-bond acceptors (Lipinski definition) is 7. The number of nitrogens with zero attached hydrogens (tertiary/aromatic N) is 6. The molecule has 2 atom stereocenters. The number of rotatable bonds is 6. The van der Waals surface area contributed by atoms with Crippen molar-refractivity contribution in [3.05, 3.63) is 64.5 Å². The molecule has 2 aliphatic heterocycles. The molecule has 1 N–H and O–H groups in total. The predicted molar refractivity (Wildman–Crippen MR) is 154 cm³/mol. The molecule has 0 saturated carbocycles. The molecule has 5 heterocycles. The van der Waals surface area contributed by atoms with E-state index < -0.39 is 18.0 Å². The van der Waals surface area contributed by atoms with E-state index in [1.165, 1.54) is 11.1 Å². The summed E-state index contributed by atoms with van der Waals surface area (Å²) >= 11 is 5.84.